The Morgan fingerprint density at radius 1 is 1.28 bits per heavy atom. The maximum Gasteiger partial charge on any atom is 0.126 e. The van der Waals surface area contributed by atoms with Gasteiger partial charge in [-0.2, -0.15) is 0 Å². The van der Waals surface area contributed by atoms with E-state index >= 15 is 0 Å². The van der Waals surface area contributed by atoms with Gasteiger partial charge in [-0.15, -0.1) is 11.3 Å². The van der Waals surface area contributed by atoms with Crippen LogP contribution in [0.15, 0.2) is 23.7 Å². The monoisotopic (exact) mass is 261 g/mol. The summed E-state index contributed by atoms with van der Waals surface area (Å²) in [5.74, 6) is 0.899. The lowest BCUT2D eigenvalue weighted by Gasteiger charge is -2.18. The molecule has 0 atom stereocenters. The van der Waals surface area contributed by atoms with Crippen LogP contribution in [0.4, 0.5) is 5.82 Å². The number of nitrogens with one attached hydrogen (secondary N) is 1. The van der Waals surface area contributed by atoms with Gasteiger partial charge in [-0.1, -0.05) is 26.8 Å². The van der Waals surface area contributed by atoms with Gasteiger partial charge in [-0.3, -0.25) is 0 Å². The molecule has 0 aromatic carbocycles. The van der Waals surface area contributed by atoms with E-state index in [1.165, 1.54) is 5.56 Å². The number of aryl methyl sites for hydroxylation is 1. The molecule has 4 heteroatoms. The first kappa shape index (κ1) is 13.0. The van der Waals surface area contributed by atoms with Crippen LogP contribution in [0.1, 0.15) is 37.0 Å². The van der Waals surface area contributed by atoms with Crippen LogP contribution in [0.3, 0.4) is 0 Å². The van der Waals surface area contributed by atoms with Crippen LogP contribution in [-0.2, 0) is 12.0 Å². The summed E-state index contributed by atoms with van der Waals surface area (Å²) in [5.41, 5.74) is 2.48. The Balaban J connectivity index is 1.98. The van der Waals surface area contributed by atoms with E-state index in [2.05, 4.69) is 47.5 Å². The fraction of sp³-hybridized carbons (Fsp3) is 0.429. The van der Waals surface area contributed by atoms with Crippen molar-refractivity contribution in [2.24, 2.45) is 0 Å². The number of rotatable bonds is 3. The summed E-state index contributed by atoms with van der Waals surface area (Å²) in [6.45, 7) is 9.32. The van der Waals surface area contributed by atoms with Crippen molar-refractivity contribution in [3.05, 3.63) is 40.0 Å². The van der Waals surface area contributed by atoms with E-state index in [1.54, 1.807) is 11.3 Å². The van der Waals surface area contributed by atoms with Gasteiger partial charge in [0.15, 0.2) is 0 Å². The summed E-state index contributed by atoms with van der Waals surface area (Å²) in [7, 11) is 0. The van der Waals surface area contributed by atoms with Crippen molar-refractivity contribution >= 4 is 17.2 Å². The zero-order chi connectivity index (χ0) is 13.2. The molecule has 0 aliphatic carbocycles. The van der Waals surface area contributed by atoms with Crippen LogP contribution >= 0.6 is 11.3 Å². The molecule has 0 aliphatic heterocycles. The van der Waals surface area contributed by atoms with Gasteiger partial charge in [-0.25, -0.2) is 9.97 Å². The average molecular weight is 261 g/mol. The van der Waals surface area contributed by atoms with Gasteiger partial charge in [0.2, 0.25) is 0 Å². The van der Waals surface area contributed by atoms with Crippen LogP contribution in [0.5, 0.6) is 0 Å². The fourth-order valence-corrected chi connectivity index (χ4v) is 2.30. The van der Waals surface area contributed by atoms with E-state index in [0.29, 0.717) is 0 Å². The van der Waals surface area contributed by atoms with Gasteiger partial charge in [0.25, 0.3) is 0 Å². The van der Waals surface area contributed by atoms with Crippen molar-refractivity contribution in [1.29, 1.82) is 0 Å². The molecule has 0 fully saturated rings. The van der Waals surface area contributed by atoms with E-state index in [4.69, 9.17) is 0 Å². The summed E-state index contributed by atoms with van der Waals surface area (Å²) >= 11 is 1.67. The van der Waals surface area contributed by atoms with Gasteiger partial charge < -0.3 is 5.32 Å². The minimum absolute atomic E-state index is 0.151. The van der Waals surface area contributed by atoms with E-state index in [1.807, 2.05) is 19.2 Å². The molecule has 0 spiro atoms. The SMILES string of the molecule is Cc1csc(CNc2ccc(C(C)(C)C)cn2)n1. The summed E-state index contributed by atoms with van der Waals surface area (Å²) in [6.07, 6.45) is 1.94. The second-order valence-corrected chi connectivity index (χ2v) is 6.36. The number of nitrogens with zero attached hydrogens (tertiary/aromatic N) is 2. The molecule has 2 aromatic rings. The molecule has 96 valence electrons. The van der Waals surface area contributed by atoms with Crippen molar-refractivity contribution in [2.75, 3.05) is 5.32 Å². The zero-order valence-electron chi connectivity index (χ0n) is 11.3. The molecule has 0 saturated heterocycles. The van der Waals surface area contributed by atoms with Crippen molar-refractivity contribution in [3.8, 4) is 0 Å². The first-order valence-corrected chi connectivity index (χ1v) is 6.94. The number of hydrogen-bond donors (Lipinski definition) is 1. The van der Waals surface area contributed by atoms with Gasteiger partial charge >= 0.3 is 0 Å². The molecule has 2 rings (SSSR count). The third-order valence-electron chi connectivity index (χ3n) is 2.72. The largest absolute Gasteiger partial charge is 0.364 e. The molecule has 1 N–H and O–H groups in total. The van der Waals surface area contributed by atoms with Gasteiger partial charge in [0.1, 0.15) is 10.8 Å². The second-order valence-electron chi connectivity index (χ2n) is 5.42. The number of anilines is 1. The van der Waals surface area contributed by atoms with E-state index in [-0.39, 0.29) is 5.41 Å². The Morgan fingerprint density at radius 2 is 2.06 bits per heavy atom. The highest BCUT2D eigenvalue weighted by molar-refractivity contribution is 7.09. The van der Waals surface area contributed by atoms with E-state index in [0.717, 1.165) is 23.1 Å². The normalized spacial score (nSPS) is 11.6. The lowest BCUT2D eigenvalue weighted by molar-refractivity contribution is 0.587. The van der Waals surface area contributed by atoms with Crippen LogP contribution in [0, 0.1) is 6.92 Å². The van der Waals surface area contributed by atoms with E-state index < -0.39 is 0 Å². The highest BCUT2D eigenvalue weighted by atomic mass is 32.1. The van der Waals surface area contributed by atoms with Gasteiger partial charge in [-0.05, 0) is 24.0 Å². The first-order chi connectivity index (χ1) is 8.45. The molecule has 0 radical (unpaired) electrons. The lowest BCUT2D eigenvalue weighted by atomic mass is 9.88. The molecule has 3 nitrogen and oxygen atoms in total. The topological polar surface area (TPSA) is 37.8 Å². The Hall–Kier alpha value is -1.42. The Kier molecular flexibility index (Phi) is 3.66. The first-order valence-electron chi connectivity index (χ1n) is 6.06. The average Bonchev–Trinajstić information content (AvgIpc) is 2.72. The third-order valence-corrected chi connectivity index (χ3v) is 3.68. The van der Waals surface area contributed by atoms with Crippen molar-refractivity contribution in [3.63, 3.8) is 0 Å². The van der Waals surface area contributed by atoms with Crippen LogP contribution in [0.25, 0.3) is 0 Å². The van der Waals surface area contributed by atoms with Crippen molar-refractivity contribution in [1.82, 2.24) is 9.97 Å². The van der Waals surface area contributed by atoms with Crippen molar-refractivity contribution < 1.29 is 0 Å². The molecular weight excluding hydrogens is 242 g/mol. The molecule has 0 aliphatic rings. The Morgan fingerprint density at radius 3 is 2.56 bits per heavy atom. The van der Waals surface area contributed by atoms with Crippen molar-refractivity contribution in [2.45, 2.75) is 39.7 Å². The maximum absolute atomic E-state index is 4.43. The quantitative estimate of drug-likeness (QED) is 0.914. The van der Waals surface area contributed by atoms with Crippen LogP contribution in [0.2, 0.25) is 0 Å². The summed E-state index contributed by atoms with van der Waals surface area (Å²) in [5, 5.41) is 6.44. The Labute approximate surface area is 112 Å². The smallest absolute Gasteiger partial charge is 0.126 e. The predicted octanol–water partition coefficient (Wildman–Crippen LogP) is 3.76. The number of pyridine rings is 1. The van der Waals surface area contributed by atoms with Crippen LogP contribution < -0.4 is 5.32 Å². The molecule has 0 unspecified atom stereocenters. The molecule has 18 heavy (non-hydrogen) atoms. The molecule has 0 saturated carbocycles. The minimum atomic E-state index is 0.151. The van der Waals surface area contributed by atoms with Gasteiger partial charge in [0.05, 0.1) is 6.54 Å². The number of aromatic nitrogens is 2. The minimum Gasteiger partial charge on any atom is -0.364 e. The fourth-order valence-electron chi connectivity index (χ4n) is 1.59. The maximum atomic E-state index is 4.43. The molecule has 0 amide bonds. The standard InChI is InChI=1S/C14H19N3S/c1-10-9-18-13(17-10)8-16-12-6-5-11(7-15-12)14(2,3)4/h5-7,9H,8H2,1-4H3,(H,15,16). The van der Waals surface area contributed by atoms with Crippen LogP contribution in [-0.4, -0.2) is 9.97 Å². The number of hydrogen-bond acceptors (Lipinski definition) is 4. The highest BCUT2D eigenvalue weighted by Crippen LogP contribution is 2.22. The highest BCUT2D eigenvalue weighted by Gasteiger charge is 2.13. The Bertz CT molecular complexity index is 509. The van der Waals surface area contributed by atoms with Gasteiger partial charge in [0, 0.05) is 17.3 Å². The second kappa shape index (κ2) is 5.06. The molecule has 2 heterocycles. The predicted molar refractivity (Wildman–Crippen MR) is 77.1 cm³/mol. The summed E-state index contributed by atoms with van der Waals surface area (Å²) in [4.78, 5) is 8.84. The molecule has 2 aromatic heterocycles. The zero-order valence-corrected chi connectivity index (χ0v) is 12.1. The third kappa shape index (κ3) is 3.29. The molecule has 0 bridgehead atoms. The lowest BCUT2D eigenvalue weighted by Crippen LogP contribution is -2.11. The number of thiazole rings is 1. The molecular formula is C14H19N3S. The van der Waals surface area contributed by atoms with E-state index in [9.17, 15) is 0 Å². The summed E-state index contributed by atoms with van der Waals surface area (Å²) in [6, 6.07) is 4.16. The summed E-state index contributed by atoms with van der Waals surface area (Å²) < 4.78 is 0.